The summed E-state index contributed by atoms with van der Waals surface area (Å²) in [5, 5.41) is 5.34. The first-order valence-corrected chi connectivity index (χ1v) is 8.89. The summed E-state index contributed by atoms with van der Waals surface area (Å²) in [6, 6.07) is 12.8. The fraction of sp³-hybridized carbons (Fsp3) is 0.125. The SMILES string of the molecule is CC(=O)Nc1cccc(NC(=O)c2ccc(NS(C)(=O)=O)cc2)c1. The highest BCUT2D eigenvalue weighted by atomic mass is 32.2. The molecular formula is C16H17N3O4S. The van der Waals surface area contributed by atoms with E-state index in [1.165, 1.54) is 31.2 Å². The van der Waals surface area contributed by atoms with Crippen LogP contribution in [0.1, 0.15) is 17.3 Å². The second-order valence-corrected chi connectivity index (χ2v) is 6.92. The summed E-state index contributed by atoms with van der Waals surface area (Å²) in [6.45, 7) is 1.40. The number of sulfonamides is 1. The molecule has 8 heteroatoms. The second kappa shape index (κ2) is 7.14. The molecule has 0 atom stereocenters. The van der Waals surface area contributed by atoms with Gasteiger partial charge in [-0.2, -0.15) is 0 Å². The van der Waals surface area contributed by atoms with Crippen molar-refractivity contribution >= 4 is 38.9 Å². The largest absolute Gasteiger partial charge is 0.326 e. The Labute approximate surface area is 140 Å². The van der Waals surface area contributed by atoms with Crippen molar-refractivity contribution in [1.82, 2.24) is 0 Å². The lowest BCUT2D eigenvalue weighted by Crippen LogP contribution is -2.13. The van der Waals surface area contributed by atoms with Crippen molar-refractivity contribution in [1.29, 1.82) is 0 Å². The molecule has 2 aromatic carbocycles. The minimum absolute atomic E-state index is 0.201. The van der Waals surface area contributed by atoms with Gasteiger partial charge in [0.2, 0.25) is 15.9 Å². The zero-order chi connectivity index (χ0) is 17.7. The molecule has 24 heavy (non-hydrogen) atoms. The van der Waals surface area contributed by atoms with Crippen molar-refractivity contribution in [3.05, 3.63) is 54.1 Å². The fourth-order valence-corrected chi connectivity index (χ4v) is 2.55. The predicted octanol–water partition coefficient (Wildman–Crippen LogP) is 2.27. The Hall–Kier alpha value is -2.87. The zero-order valence-electron chi connectivity index (χ0n) is 13.2. The molecule has 2 rings (SSSR count). The van der Waals surface area contributed by atoms with Gasteiger partial charge in [-0.05, 0) is 42.5 Å². The first kappa shape index (κ1) is 17.5. The van der Waals surface area contributed by atoms with Gasteiger partial charge in [-0.1, -0.05) is 6.07 Å². The van der Waals surface area contributed by atoms with Gasteiger partial charge in [0, 0.05) is 29.5 Å². The van der Waals surface area contributed by atoms with E-state index in [4.69, 9.17) is 0 Å². The molecule has 2 aromatic rings. The van der Waals surface area contributed by atoms with Gasteiger partial charge in [0.05, 0.1) is 6.26 Å². The maximum absolute atomic E-state index is 12.2. The van der Waals surface area contributed by atoms with Crippen molar-refractivity contribution in [3.8, 4) is 0 Å². The van der Waals surface area contributed by atoms with Crippen LogP contribution in [-0.2, 0) is 14.8 Å². The highest BCUT2D eigenvalue weighted by molar-refractivity contribution is 7.92. The van der Waals surface area contributed by atoms with Gasteiger partial charge in [-0.25, -0.2) is 8.42 Å². The van der Waals surface area contributed by atoms with E-state index in [0.29, 0.717) is 22.6 Å². The summed E-state index contributed by atoms with van der Waals surface area (Å²) in [7, 11) is -3.36. The second-order valence-electron chi connectivity index (χ2n) is 5.17. The predicted molar refractivity (Wildman–Crippen MR) is 93.6 cm³/mol. The molecule has 0 aliphatic heterocycles. The number of carbonyl (C=O) groups excluding carboxylic acids is 2. The van der Waals surface area contributed by atoms with Gasteiger partial charge in [0.1, 0.15) is 0 Å². The average Bonchev–Trinajstić information content (AvgIpc) is 2.46. The number of nitrogens with one attached hydrogen (secondary N) is 3. The minimum atomic E-state index is -3.36. The highest BCUT2D eigenvalue weighted by Crippen LogP contribution is 2.17. The molecule has 0 aliphatic carbocycles. The normalized spacial score (nSPS) is 10.8. The molecule has 0 bridgehead atoms. The molecule has 2 amide bonds. The van der Waals surface area contributed by atoms with Crippen LogP contribution in [0.4, 0.5) is 17.1 Å². The monoisotopic (exact) mass is 347 g/mol. The molecule has 0 radical (unpaired) electrons. The molecule has 0 heterocycles. The molecule has 0 fully saturated rings. The maximum atomic E-state index is 12.2. The van der Waals surface area contributed by atoms with E-state index in [2.05, 4.69) is 15.4 Å². The Morgan fingerprint density at radius 1 is 0.875 bits per heavy atom. The number of hydrogen-bond acceptors (Lipinski definition) is 4. The lowest BCUT2D eigenvalue weighted by Gasteiger charge is -2.09. The Bertz CT molecular complexity index is 861. The lowest BCUT2D eigenvalue weighted by molar-refractivity contribution is -0.114. The summed E-state index contributed by atoms with van der Waals surface area (Å²) in [6.07, 6.45) is 1.05. The highest BCUT2D eigenvalue weighted by Gasteiger charge is 2.08. The van der Waals surface area contributed by atoms with Gasteiger partial charge in [0.25, 0.3) is 5.91 Å². The quantitative estimate of drug-likeness (QED) is 0.771. The van der Waals surface area contributed by atoms with E-state index in [0.717, 1.165) is 6.26 Å². The third-order valence-corrected chi connectivity index (χ3v) is 3.50. The number of carbonyl (C=O) groups is 2. The van der Waals surface area contributed by atoms with Gasteiger partial charge in [0.15, 0.2) is 0 Å². The van der Waals surface area contributed by atoms with E-state index in [9.17, 15) is 18.0 Å². The molecule has 7 nitrogen and oxygen atoms in total. The lowest BCUT2D eigenvalue weighted by atomic mass is 10.2. The number of benzene rings is 2. The van der Waals surface area contributed by atoms with Gasteiger partial charge in [-0.3, -0.25) is 14.3 Å². The molecule has 0 saturated carbocycles. The number of rotatable bonds is 5. The van der Waals surface area contributed by atoms with Crippen LogP contribution in [0.5, 0.6) is 0 Å². The molecule has 0 aliphatic rings. The van der Waals surface area contributed by atoms with Crippen LogP contribution in [0.3, 0.4) is 0 Å². The van der Waals surface area contributed by atoms with Crippen LogP contribution < -0.4 is 15.4 Å². The first-order valence-electron chi connectivity index (χ1n) is 7.00. The number of hydrogen-bond donors (Lipinski definition) is 3. The van der Waals surface area contributed by atoms with E-state index in [-0.39, 0.29) is 11.8 Å². The molecule has 0 aromatic heterocycles. The number of anilines is 3. The van der Waals surface area contributed by atoms with Gasteiger partial charge in [-0.15, -0.1) is 0 Å². The van der Waals surface area contributed by atoms with E-state index in [1.807, 2.05) is 0 Å². The summed E-state index contributed by atoms with van der Waals surface area (Å²) < 4.78 is 24.6. The smallest absolute Gasteiger partial charge is 0.255 e. The van der Waals surface area contributed by atoms with E-state index < -0.39 is 10.0 Å². The molecule has 0 unspecified atom stereocenters. The Morgan fingerprint density at radius 3 is 2.00 bits per heavy atom. The van der Waals surface area contributed by atoms with E-state index >= 15 is 0 Å². The Morgan fingerprint density at radius 2 is 1.46 bits per heavy atom. The standard InChI is InChI=1S/C16H17N3O4S/c1-11(20)17-14-4-3-5-15(10-14)18-16(21)12-6-8-13(9-7-12)19-24(2,22)23/h3-10,19H,1-2H3,(H,17,20)(H,18,21). The van der Waals surface area contributed by atoms with Crippen LogP contribution in [0.2, 0.25) is 0 Å². The third-order valence-electron chi connectivity index (χ3n) is 2.89. The summed E-state index contributed by atoms with van der Waals surface area (Å²) >= 11 is 0. The molecule has 0 spiro atoms. The summed E-state index contributed by atoms with van der Waals surface area (Å²) in [4.78, 5) is 23.3. The average molecular weight is 347 g/mol. The van der Waals surface area contributed by atoms with Gasteiger partial charge < -0.3 is 10.6 Å². The van der Waals surface area contributed by atoms with Crippen LogP contribution >= 0.6 is 0 Å². The molecule has 126 valence electrons. The Kier molecular flexibility index (Phi) is 5.20. The topological polar surface area (TPSA) is 104 Å². The Balaban J connectivity index is 2.08. The minimum Gasteiger partial charge on any atom is -0.326 e. The summed E-state index contributed by atoms with van der Waals surface area (Å²) in [5.41, 5.74) is 1.86. The fourth-order valence-electron chi connectivity index (χ4n) is 1.98. The first-order chi connectivity index (χ1) is 11.2. The van der Waals surface area contributed by atoms with Crippen molar-refractivity contribution in [2.75, 3.05) is 21.6 Å². The van der Waals surface area contributed by atoms with E-state index in [1.54, 1.807) is 24.3 Å². The molecular weight excluding hydrogens is 330 g/mol. The van der Waals surface area contributed by atoms with Crippen molar-refractivity contribution in [3.63, 3.8) is 0 Å². The van der Waals surface area contributed by atoms with Crippen LogP contribution in [0.15, 0.2) is 48.5 Å². The maximum Gasteiger partial charge on any atom is 0.255 e. The van der Waals surface area contributed by atoms with Crippen LogP contribution in [0.25, 0.3) is 0 Å². The van der Waals surface area contributed by atoms with Crippen molar-refractivity contribution in [2.24, 2.45) is 0 Å². The van der Waals surface area contributed by atoms with Crippen LogP contribution in [0, 0.1) is 0 Å². The zero-order valence-corrected chi connectivity index (χ0v) is 14.0. The van der Waals surface area contributed by atoms with Crippen molar-refractivity contribution < 1.29 is 18.0 Å². The van der Waals surface area contributed by atoms with Gasteiger partial charge >= 0.3 is 0 Å². The third kappa shape index (κ3) is 5.40. The van der Waals surface area contributed by atoms with Crippen LogP contribution in [-0.4, -0.2) is 26.5 Å². The number of amides is 2. The molecule has 3 N–H and O–H groups in total. The molecule has 0 saturated heterocycles. The van der Waals surface area contributed by atoms with Crippen molar-refractivity contribution in [2.45, 2.75) is 6.92 Å². The summed E-state index contributed by atoms with van der Waals surface area (Å²) in [5.74, 6) is -0.548.